The van der Waals surface area contributed by atoms with Gasteiger partial charge in [0.15, 0.2) is 0 Å². The molecule has 98 valence electrons. The Morgan fingerprint density at radius 2 is 1.88 bits per heavy atom. The summed E-state index contributed by atoms with van der Waals surface area (Å²) >= 11 is 0. The molecule has 0 amide bonds. The molecule has 1 aliphatic carbocycles. The summed E-state index contributed by atoms with van der Waals surface area (Å²) in [5, 5.41) is 9.14. The maximum Gasteiger partial charge on any atom is 0.325 e. The van der Waals surface area contributed by atoms with Gasteiger partial charge in [-0.25, -0.2) is 0 Å². The molecule has 1 heterocycles. The van der Waals surface area contributed by atoms with Crippen LogP contribution in [0.5, 0.6) is 0 Å². The second-order valence-electron chi connectivity index (χ2n) is 6.25. The molecule has 0 bridgehead atoms. The largest absolute Gasteiger partial charge is 0.480 e. The Labute approximate surface area is 103 Å². The van der Waals surface area contributed by atoms with Crippen LogP contribution in [0.15, 0.2) is 0 Å². The normalized spacial score (nSPS) is 43.8. The summed E-state index contributed by atoms with van der Waals surface area (Å²) in [6.45, 7) is 5.95. The average molecular weight is 240 g/mol. The minimum absolute atomic E-state index is 0.520. The van der Waals surface area contributed by atoms with Gasteiger partial charge in [0.05, 0.1) is 0 Å². The van der Waals surface area contributed by atoms with E-state index in [0.717, 1.165) is 18.4 Å². The molecule has 2 fully saturated rings. The number of aliphatic carboxylic acids is 1. The molecule has 3 unspecified atom stereocenters. The van der Waals surface area contributed by atoms with E-state index in [-0.39, 0.29) is 0 Å². The van der Waals surface area contributed by atoms with E-state index >= 15 is 0 Å². The van der Waals surface area contributed by atoms with E-state index in [1.807, 2.05) is 0 Å². The third-order valence-corrected chi connectivity index (χ3v) is 4.43. The summed E-state index contributed by atoms with van der Waals surface area (Å²) in [5.74, 6) is 0.652. The van der Waals surface area contributed by atoms with Crippen molar-refractivity contribution in [2.75, 3.05) is 13.1 Å². The lowest BCUT2D eigenvalue weighted by atomic mass is 9.80. The summed E-state index contributed by atoms with van der Waals surface area (Å²) in [6, 6.07) is 0.540. The van der Waals surface area contributed by atoms with Crippen molar-refractivity contribution in [3.8, 4) is 0 Å². The molecule has 2 aliphatic rings. The third kappa shape index (κ3) is 2.63. The van der Waals surface area contributed by atoms with Gasteiger partial charge in [-0.1, -0.05) is 13.8 Å². The van der Waals surface area contributed by atoms with Crippen molar-refractivity contribution in [2.24, 2.45) is 17.6 Å². The molecule has 0 aromatic rings. The number of carboxylic acids is 1. The van der Waals surface area contributed by atoms with Gasteiger partial charge in [-0.05, 0) is 37.5 Å². The predicted octanol–water partition coefficient (Wildman–Crippen LogP) is 1.30. The van der Waals surface area contributed by atoms with E-state index in [1.54, 1.807) is 0 Å². The Hall–Kier alpha value is -0.610. The highest BCUT2D eigenvalue weighted by Gasteiger charge is 2.44. The number of rotatable bonds is 2. The SMILES string of the molecule is CC1CC(C)CC(N2CCC(N)(C(=O)O)C2)C1. The lowest BCUT2D eigenvalue weighted by Gasteiger charge is -2.37. The first-order valence-electron chi connectivity index (χ1n) is 6.67. The summed E-state index contributed by atoms with van der Waals surface area (Å²) in [4.78, 5) is 13.4. The fraction of sp³-hybridized carbons (Fsp3) is 0.923. The van der Waals surface area contributed by atoms with Crippen LogP contribution in [0.4, 0.5) is 0 Å². The molecule has 4 heteroatoms. The zero-order valence-corrected chi connectivity index (χ0v) is 10.9. The van der Waals surface area contributed by atoms with E-state index in [4.69, 9.17) is 10.8 Å². The molecule has 17 heavy (non-hydrogen) atoms. The maximum atomic E-state index is 11.1. The Bertz CT molecular complexity index is 298. The third-order valence-electron chi connectivity index (χ3n) is 4.43. The molecule has 1 aliphatic heterocycles. The summed E-state index contributed by atoms with van der Waals surface area (Å²) < 4.78 is 0. The fourth-order valence-corrected chi connectivity index (χ4v) is 3.55. The second-order valence-corrected chi connectivity index (χ2v) is 6.25. The second kappa shape index (κ2) is 4.58. The minimum atomic E-state index is -1.01. The fourth-order valence-electron chi connectivity index (χ4n) is 3.55. The van der Waals surface area contributed by atoms with Gasteiger partial charge in [0.2, 0.25) is 0 Å². The number of nitrogens with two attached hydrogens (primary N) is 1. The topological polar surface area (TPSA) is 66.6 Å². The monoisotopic (exact) mass is 240 g/mol. The van der Waals surface area contributed by atoms with E-state index in [1.165, 1.54) is 19.3 Å². The predicted molar refractivity (Wildman–Crippen MR) is 66.7 cm³/mol. The van der Waals surface area contributed by atoms with Crippen LogP contribution in [0, 0.1) is 11.8 Å². The highest BCUT2D eigenvalue weighted by atomic mass is 16.4. The molecule has 0 aromatic heterocycles. The Morgan fingerprint density at radius 1 is 1.29 bits per heavy atom. The van der Waals surface area contributed by atoms with Crippen LogP contribution < -0.4 is 5.73 Å². The molecule has 2 rings (SSSR count). The van der Waals surface area contributed by atoms with Gasteiger partial charge in [-0.3, -0.25) is 9.69 Å². The first kappa shape index (κ1) is 12.8. The van der Waals surface area contributed by atoms with Crippen molar-refractivity contribution in [3.05, 3.63) is 0 Å². The van der Waals surface area contributed by atoms with Gasteiger partial charge < -0.3 is 10.8 Å². The number of likely N-dealkylation sites (tertiary alicyclic amines) is 1. The van der Waals surface area contributed by atoms with E-state index < -0.39 is 11.5 Å². The molecular formula is C13H24N2O2. The lowest BCUT2D eigenvalue weighted by molar-refractivity contribution is -0.142. The molecule has 0 radical (unpaired) electrons. The van der Waals surface area contributed by atoms with Gasteiger partial charge in [0.1, 0.15) is 5.54 Å². The van der Waals surface area contributed by atoms with Crippen molar-refractivity contribution in [2.45, 2.75) is 51.1 Å². The molecule has 1 saturated carbocycles. The lowest BCUT2D eigenvalue weighted by Crippen LogP contribution is -2.51. The van der Waals surface area contributed by atoms with Crippen molar-refractivity contribution in [1.82, 2.24) is 4.90 Å². The summed E-state index contributed by atoms with van der Waals surface area (Å²) in [6.07, 6.45) is 4.28. The summed E-state index contributed by atoms with van der Waals surface area (Å²) in [5.41, 5.74) is 4.92. The zero-order chi connectivity index (χ0) is 12.6. The molecule has 4 nitrogen and oxygen atoms in total. The van der Waals surface area contributed by atoms with E-state index in [9.17, 15) is 4.79 Å². The van der Waals surface area contributed by atoms with Crippen molar-refractivity contribution < 1.29 is 9.90 Å². The Balaban J connectivity index is 1.98. The van der Waals surface area contributed by atoms with Crippen molar-refractivity contribution >= 4 is 5.97 Å². The van der Waals surface area contributed by atoms with Crippen LogP contribution in [0.25, 0.3) is 0 Å². The standard InChI is InChI=1S/C13H24N2O2/c1-9-5-10(2)7-11(6-9)15-4-3-13(14,8-15)12(16)17/h9-11H,3-8,14H2,1-2H3,(H,16,17). The van der Waals surface area contributed by atoms with Crippen LogP contribution >= 0.6 is 0 Å². The quantitative estimate of drug-likeness (QED) is 0.763. The number of nitrogens with zero attached hydrogens (tertiary/aromatic N) is 1. The van der Waals surface area contributed by atoms with Crippen LogP contribution in [0.2, 0.25) is 0 Å². The Morgan fingerprint density at radius 3 is 2.35 bits per heavy atom. The van der Waals surface area contributed by atoms with E-state index in [2.05, 4.69) is 18.7 Å². The van der Waals surface area contributed by atoms with Gasteiger partial charge in [0, 0.05) is 19.1 Å². The first-order chi connectivity index (χ1) is 7.90. The zero-order valence-electron chi connectivity index (χ0n) is 10.9. The summed E-state index contributed by atoms with van der Waals surface area (Å²) in [7, 11) is 0. The maximum absolute atomic E-state index is 11.1. The van der Waals surface area contributed by atoms with Crippen LogP contribution in [-0.2, 0) is 4.79 Å². The Kier molecular flexibility index (Phi) is 3.46. The number of hydrogen-bond acceptors (Lipinski definition) is 3. The molecule has 0 spiro atoms. The number of hydrogen-bond donors (Lipinski definition) is 2. The highest BCUT2D eigenvalue weighted by molar-refractivity contribution is 5.79. The highest BCUT2D eigenvalue weighted by Crippen LogP contribution is 2.34. The van der Waals surface area contributed by atoms with Crippen LogP contribution in [0.1, 0.15) is 39.5 Å². The smallest absolute Gasteiger partial charge is 0.325 e. The van der Waals surface area contributed by atoms with Crippen molar-refractivity contribution in [1.29, 1.82) is 0 Å². The molecule has 3 atom stereocenters. The minimum Gasteiger partial charge on any atom is -0.480 e. The molecule has 1 saturated heterocycles. The molecule has 3 N–H and O–H groups in total. The van der Waals surface area contributed by atoms with Gasteiger partial charge in [-0.2, -0.15) is 0 Å². The van der Waals surface area contributed by atoms with Gasteiger partial charge in [-0.15, -0.1) is 0 Å². The molecule has 0 aromatic carbocycles. The number of carbonyl (C=O) groups is 1. The first-order valence-corrected chi connectivity index (χ1v) is 6.67. The van der Waals surface area contributed by atoms with Crippen molar-refractivity contribution in [3.63, 3.8) is 0 Å². The van der Waals surface area contributed by atoms with Crippen LogP contribution in [0.3, 0.4) is 0 Å². The number of carboxylic acid groups (broad SMARTS) is 1. The van der Waals surface area contributed by atoms with Gasteiger partial charge >= 0.3 is 5.97 Å². The van der Waals surface area contributed by atoms with Crippen LogP contribution in [-0.4, -0.2) is 40.6 Å². The average Bonchev–Trinajstić information content (AvgIpc) is 2.61. The molecular weight excluding hydrogens is 216 g/mol. The van der Waals surface area contributed by atoms with E-state index in [0.29, 0.717) is 19.0 Å². The van der Waals surface area contributed by atoms with Gasteiger partial charge in [0.25, 0.3) is 0 Å².